The molecule has 5 nitrogen and oxygen atoms in total. The predicted octanol–water partition coefficient (Wildman–Crippen LogP) is 0.693. The van der Waals surface area contributed by atoms with Gasteiger partial charge in [0.15, 0.2) is 0 Å². The van der Waals surface area contributed by atoms with Crippen molar-refractivity contribution in [2.24, 2.45) is 0 Å². The van der Waals surface area contributed by atoms with Gasteiger partial charge in [-0.25, -0.2) is 13.1 Å². The summed E-state index contributed by atoms with van der Waals surface area (Å²) in [6, 6.07) is 7.00. The highest BCUT2D eigenvalue weighted by Gasteiger charge is 2.22. The lowest BCUT2D eigenvalue weighted by Crippen LogP contribution is -2.46. The van der Waals surface area contributed by atoms with Gasteiger partial charge in [0.1, 0.15) is 0 Å². The minimum absolute atomic E-state index is 0.00969. The molecule has 0 aliphatic carbocycles. The van der Waals surface area contributed by atoms with Crippen LogP contribution in [0.3, 0.4) is 0 Å². The van der Waals surface area contributed by atoms with Crippen molar-refractivity contribution < 1.29 is 13.5 Å². The van der Waals surface area contributed by atoms with Gasteiger partial charge < -0.3 is 10.0 Å². The van der Waals surface area contributed by atoms with Crippen LogP contribution in [0.4, 0.5) is 0 Å². The lowest BCUT2D eigenvalue weighted by molar-refractivity contribution is 0.242. The summed E-state index contributed by atoms with van der Waals surface area (Å²) in [5, 5.41) is 8.97. The van der Waals surface area contributed by atoms with Crippen LogP contribution in [0.1, 0.15) is 24.0 Å². The zero-order valence-electron chi connectivity index (χ0n) is 11.7. The first-order valence-electron chi connectivity index (χ1n) is 6.86. The lowest BCUT2D eigenvalue weighted by atomic mass is 10.1. The maximum absolute atomic E-state index is 12.2. The Balaban J connectivity index is 1.95. The van der Waals surface area contributed by atoms with Crippen LogP contribution in [0.15, 0.2) is 24.3 Å². The highest BCUT2D eigenvalue weighted by Crippen LogP contribution is 2.12. The van der Waals surface area contributed by atoms with Crippen LogP contribution in [0.25, 0.3) is 0 Å². The molecule has 1 fully saturated rings. The Hall–Kier alpha value is -0.950. The van der Waals surface area contributed by atoms with E-state index in [9.17, 15) is 8.42 Å². The molecule has 1 atom stereocenters. The molecule has 1 aliphatic heterocycles. The smallest absolute Gasteiger partial charge is 0.216 e. The first kappa shape index (κ1) is 15.4. The van der Waals surface area contributed by atoms with Crippen LogP contribution in [-0.4, -0.2) is 44.6 Å². The quantitative estimate of drug-likeness (QED) is 0.839. The Kier molecular flexibility index (Phi) is 5.15. The normalized spacial score (nSPS) is 21.0. The van der Waals surface area contributed by atoms with E-state index in [1.165, 1.54) is 0 Å². The summed E-state index contributed by atoms with van der Waals surface area (Å²) in [7, 11) is -1.31. The number of hydrogen-bond donors (Lipinski definition) is 2. The minimum atomic E-state index is -3.32. The van der Waals surface area contributed by atoms with Crippen LogP contribution < -0.4 is 4.72 Å². The molecule has 20 heavy (non-hydrogen) atoms. The fourth-order valence-electron chi connectivity index (χ4n) is 2.52. The maximum Gasteiger partial charge on any atom is 0.216 e. The number of sulfonamides is 1. The third-order valence-electron chi connectivity index (χ3n) is 3.53. The van der Waals surface area contributed by atoms with E-state index in [4.69, 9.17) is 5.11 Å². The van der Waals surface area contributed by atoms with Gasteiger partial charge in [-0.05, 0) is 37.6 Å². The molecule has 0 spiro atoms. The van der Waals surface area contributed by atoms with E-state index in [-0.39, 0.29) is 18.4 Å². The highest BCUT2D eigenvalue weighted by molar-refractivity contribution is 7.88. The molecule has 1 aromatic rings. The second-order valence-electron chi connectivity index (χ2n) is 5.45. The van der Waals surface area contributed by atoms with Gasteiger partial charge in [0, 0.05) is 12.6 Å². The molecule has 0 radical (unpaired) electrons. The molecule has 1 unspecified atom stereocenters. The second kappa shape index (κ2) is 6.67. The summed E-state index contributed by atoms with van der Waals surface area (Å²) in [5.74, 6) is -0.0150. The maximum atomic E-state index is 12.2. The first-order valence-corrected chi connectivity index (χ1v) is 8.51. The Morgan fingerprint density at radius 2 is 1.95 bits per heavy atom. The number of likely N-dealkylation sites (N-methyl/N-ethyl adjacent to an activating group) is 1. The molecule has 1 aromatic carbocycles. The molecule has 1 aliphatic rings. The van der Waals surface area contributed by atoms with Crippen molar-refractivity contribution in [1.29, 1.82) is 0 Å². The van der Waals surface area contributed by atoms with Crippen molar-refractivity contribution >= 4 is 10.0 Å². The van der Waals surface area contributed by atoms with Crippen molar-refractivity contribution in [1.82, 2.24) is 9.62 Å². The largest absolute Gasteiger partial charge is 0.392 e. The summed E-state index contributed by atoms with van der Waals surface area (Å²) in [6.07, 6.45) is 1.92. The van der Waals surface area contributed by atoms with Gasteiger partial charge in [0.25, 0.3) is 0 Å². The van der Waals surface area contributed by atoms with Gasteiger partial charge in [-0.1, -0.05) is 24.3 Å². The fraction of sp³-hybridized carbons (Fsp3) is 0.571. The van der Waals surface area contributed by atoms with E-state index < -0.39 is 10.0 Å². The van der Waals surface area contributed by atoms with E-state index in [0.717, 1.165) is 37.1 Å². The number of aliphatic hydroxyl groups is 1. The van der Waals surface area contributed by atoms with Gasteiger partial charge in [-0.3, -0.25) is 0 Å². The standard InChI is InChI=1S/C14H22N2O3S/c1-16-8-2-3-14(9-16)15-20(18,19)11-13-6-4-12(10-17)5-7-13/h4-7,14-15,17H,2-3,8-11H2,1H3. The van der Waals surface area contributed by atoms with Crippen LogP contribution in [0, 0.1) is 0 Å². The number of hydrogen-bond acceptors (Lipinski definition) is 4. The van der Waals surface area contributed by atoms with Crippen molar-refractivity contribution in [2.75, 3.05) is 20.1 Å². The fourth-order valence-corrected chi connectivity index (χ4v) is 3.93. The minimum Gasteiger partial charge on any atom is -0.392 e. The monoisotopic (exact) mass is 298 g/mol. The van der Waals surface area contributed by atoms with Crippen molar-refractivity contribution in [3.63, 3.8) is 0 Å². The summed E-state index contributed by atoms with van der Waals surface area (Å²) < 4.78 is 27.1. The zero-order valence-corrected chi connectivity index (χ0v) is 12.6. The van der Waals surface area contributed by atoms with Gasteiger partial charge in [-0.15, -0.1) is 0 Å². The predicted molar refractivity (Wildman–Crippen MR) is 78.6 cm³/mol. The molecule has 6 heteroatoms. The molecular weight excluding hydrogens is 276 g/mol. The molecule has 1 saturated heterocycles. The molecule has 2 rings (SSSR count). The molecule has 1 heterocycles. The Bertz CT molecular complexity index is 528. The topological polar surface area (TPSA) is 69.6 Å². The first-order chi connectivity index (χ1) is 9.48. The van der Waals surface area contributed by atoms with E-state index in [1.807, 2.05) is 7.05 Å². The van der Waals surface area contributed by atoms with Gasteiger partial charge in [-0.2, -0.15) is 0 Å². The molecule has 0 amide bonds. The second-order valence-corrected chi connectivity index (χ2v) is 7.21. The Morgan fingerprint density at radius 1 is 1.30 bits per heavy atom. The van der Waals surface area contributed by atoms with E-state index in [2.05, 4.69) is 9.62 Å². The number of benzene rings is 1. The van der Waals surface area contributed by atoms with E-state index in [1.54, 1.807) is 24.3 Å². The van der Waals surface area contributed by atoms with Crippen LogP contribution in [0.5, 0.6) is 0 Å². The molecule has 112 valence electrons. The van der Waals surface area contributed by atoms with Crippen molar-refractivity contribution in [3.8, 4) is 0 Å². The molecular formula is C14H22N2O3S. The van der Waals surface area contributed by atoms with E-state index >= 15 is 0 Å². The van der Waals surface area contributed by atoms with Crippen molar-refractivity contribution in [3.05, 3.63) is 35.4 Å². The average molecular weight is 298 g/mol. The van der Waals surface area contributed by atoms with Crippen LogP contribution in [-0.2, 0) is 22.4 Å². The van der Waals surface area contributed by atoms with Gasteiger partial charge in [0.2, 0.25) is 10.0 Å². The highest BCUT2D eigenvalue weighted by atomic mass is 32.2. The van der Waals surface area contributed by atoms with Crippen LogP contribution in [0.2, 0.25) is 0 Å². The lowest BCUT2D eigenvalue weighted by Gasteiger charge is -2.29. The molecule has 0 saturated carbocycles. The third kappa shape index (κ3) is 4.56. The SMILES string of the molecule is CN1CCCC(NS(=O)(=O)Cc2ccc(CO)cc2)C1. The van der Waals surface area contributed by atoms with E-state index in [0.29, 0.717) is 0 Å². The summed E-state index contributed by atoms with van der Waals surface area (Å²) in [5.41, 5.74) is 1.52. The summed E-state index contributed by atoms with van der Waals surface area (Å²) in [4.78, 5) is 2.15. The Labute approximate surface area is 120 Å². The van der Waals surface area contributed by atoms with Gasteiger partial charge >= 0.3 is 0 Å². The third-order valence-corrected chi connectivity index (χ3v) is 4.94. The number of likely N-dealkylation sites (tertiary alicyclic amines) is 1. The number of nitrogens with zero attached hydrogens (tertiary/aromatic N) is 1. The zero-order chi connectivity index (χ0) is 14.6. The van der Waals surface area contributed by atoms with Crippen LogP contribution >= 0.6 is 0 Å². The van der Waals surface area contributed by atoms with Gasteiger partial charge in [0.05, 0.1) is 12.4 Å². The molecule has 0 aromatic heterocycles. The molecule has 2 N–H and O–H groups in total. The number of rotatable bonds is 5. The number of piperidine rings is 1. The molecule has 0 bridgehead atoms. The number of nitrogens with one attached hydrogen (secondary N) is 1. The average Bonchev–Trinajstić information content (AvgIpc) is 2.38. The summed E-state index contributed by atoms with van der Waals surface area (Å²) in [6.45, 7) is 1.77. The summed E-state index contributed by atoms with van der Waals surface area (Å²) >= 11 is 0. The Morgan fingerprint density at radius 3 is 2.55 bits per heavy atom. The van der Waals surface area contributed by atoms with Crippen molar-refractivity contribution in [2.45, 2.75) is 31.2 Å². The number of aliphatic hydroxyl groups excluding tert-OH is 1.